The molecule has 0 spiro atoms. The fourth-order valence-electron chi connectivity index (χ4n) is 1.94. The van der Waals surface area contributed by atoms with Gasteiger partial charge in [0, 0.05) is 0 Å². The molecule has 0 unspecified atom stereocenters. The van der Waals surface area contributed by atoms with Crippen LogP contribution in [-0.2, 0) is 4.74 Å². The molecule has 0 amide bonds. The standard InChI is InChI=1S/C10H16O2/c1-6(2)7-4-8(11)10(3)9(5-7)12-10/h7-9,11H,1,4-5H2,2-3H3/t7-,8-,9+,10-/m1/s1/i8D. The van der Waals surface area contributed by atoms with E-state index in [0.29, 0.717) is 6.42 Å². The molecule has 0 aromatic carbocycles. The van der Waals surface area contributed by atoms with Crippen LogP contribution in [0, 0.1) is 5.92 Å². The van der Waals surface area contributed by atoms with Crippen LogP contribution < -0.4 is 0 Å². The number of hydrogen-bond donors (Lipinski definition) is 1. The number of allylic oxidation sites excluding steroid dienone is 1. The van der Waals surface area contributed by atoms with Crippen LogP contribution >= 0.6 is 0 Å². The lowest BCUT2D eigenvalue weighted by Gasteiger charge is -2.27. The third kappa shape index (κ3) is 1.02. The predicted octanol–water partition coefficient (Wildman–Crippen LogP) is 1.49. The Morgan fingerprint density at radius 1 is 1.75 bits per heavy atom. The summed E-state index contributed by atoms with van der Waals surface area (Å²) in [6.07, 6.45) is -0.00697. The molecule has 2 rings (SSSR count). The first-order valence-electron chi connectivity index (χ1n) is 4.92. The number of aliphatic hydroxyl groups is 1. The van der Waals surface area contributed by atoms with Gasteiger partial charge >= 0.3 is 0 Å². The van der Waals surface area contributed by atoms with Crippen LogP contribution in [0.15, 0.2) is 12.2 Å². The molecule has 1 aliphatic carbocycles. The molecule has 0 radical (unpaired) electrons. The molecule has 0 bridgehead atoms. The van der Waals surface area contributed by atoms with Crippen molar-refractivity contribution in [3.63, 3.8) is 0 Å². The van der Waals surface area contributed by atoms with Crippen molar-refractivity contribution in [2.75, 3.05) is 0 Å². The van der Waals surface area contributed by atoms with E-state index in [-0.39, 0.29) is 12.0 Å². The van der Waals surface area contributed by atoms with Crippen LogP contribution in [-0.4, -0.2) is 22.9 Å². The van der Waals surface area contributed by atoms with Gasteiger partial charge in [0.25, 0.3) is 0 Å². The number of hydrogen-bond acceptors (Lipinski definition) is 2. The van der Waals surface area contributed by atoms with E-state index in [1.165, 1.54) is 0 Å². The molecule has 1 heterocycles. The quantitative estimate of drug-likeness (QED) is 0.476. The molecule has 1 aliphatic heterocycles. The van der Waals surface area contributed by atoms with E-state index in [1.807, 2.05) is 13.8 Å². The molecule has 1 saturated heterocycles. The van der Waals surface area contributed by atoms with Crippen molar-refractivity contribution in [1.82, 2.24) is 0 Å². The normalized spacial score (nSPS) is 58.8. The molecule has 12 heavy (non-hydrogen) atoms. The fourth-order valence-corrected chi connectivity index (χ4v) is 1.94. The first-order valence-corrected chi connectivity index (χ1v) is 4.42. The van der Waals surface area contributed by atoms with Gasteiger partial charge in [-0.2, -0.15) is 0 Å². The van der Waals surface area contributed by atoms with E-state index in [9.17, 15) is 5.11 Å². The average Bonchev–Trinajstić information content (AvgIpc) is 2.61. The summed E-state index contributed by atoms with van der Waals surface area (Å²) in [5.74, 6) is 0.239. The van der Waals surface area contributed by atoms with Crippen molar-refractivity contribution >= 4 is 0 Å². The Kier molecular flexibility index (Phi) is 1.38. The summed E-state index contributed by atoms with van der Waals surface area (Å²) >= 11 is 0. The van der Waals surface area contributed by atoms with Crippen molar-refractivity contribution in [2.45, 2.75) is 44.5 Å². The Morgan fingerprint density at radius 2 is 2.42 bits per heavy atom. The SMILES string of the molecule is [2H][C@@]1(O)C[C@@H](C(=C)C)C[C@@H]2O[C@@]21C. The van der Waals surface area contributed by atoms with Gasteiger partial charge in [-0.3, -0.25) is 0 Å². The van der Waals surface area contributed by atoms with Crippen LogP contribution in [0.2, 0.25) is 0 Å². The smallest absolute Gasteiger partial charge is 0.118 e. The highest BCUT2D eigenvalue weighted by atomic mass is 16.6. The Labute approximate surface area is 74.6 Å². The summed E-state index contributed by atoms with van der Waals surface area (Å²) in [6.45, 7) is 7.64. The Bertz CT molecular complexity index is 262. The zero-order valence-electron chi connectivity index (χ0n) is 8.63. The summed E-state index contributed by atoms with van der Waals surface area (Å²) in [5.41, 5.74) is 0.433. The molecule has 2 heteroatoms. The molecule has 4 atom stereocenters. The van der Waals surface area contributed by atoms with Crippen molar-refractivity contribution in [2.24, 2.45) is 5.92 Å². The Balaban J connectivity index is 2.17. The predicted molar refractivity (Wildman–Crippen MR) is 46.8 cm³/mol. The molecule has 0 aromatic rings. The van der Waals surface area contributed by atoms with Gasteiger partial charge in [-0.05, 0) is 32.6 Å². The zero-order chi connectivity index (χ0) is 9.85. The minimum atomic E-state index is -1.43. The number of rotatable bonds is 1. The van der Waals surface area contributed by atoms with Gasteiger partial charge in [0.1, 0.15) is 5.60 Å². The van der Waals surface area contributed by atoms with Crippen LogP contribution in [0.4, 0.5) is 0 Å². The van der Waals surface area contributed by atoms with E-state index in [1.54, 1.807) is 0 Å². The first kappa shape index (κ1) is 7.10. The molecule has 2 nitrogen and oxygen atoms in total. The second kappa shape index (κ2) is 2.33. The lowest BCUT2D eigenvalue weighted by molar-refractivity contribution is 0.0641. The lowest BCUT2D eigenvalue weighted by Crippen LogP contribution is -2.36. The molecule has 1 N–H and O–H groups in total. The molecule has 2 aliphatic rings. The van der Waals surface area contributed by atoms with Gasteiger partial charge in [0.05, 0.1) is 13.6 Å². The third-order valence-electron chi connectivity index (χ3n) is 3.15. The molecular weight excluding hydrogens is 152 g/mol. The maximum atomic E-state index is 9.86. The van der Waals surface area contributed by atoms with Crippen molar-refractivity contribution in [3.05, 3.63) is 12.2 Å². The lowest BCUT2D eigenvalue weighted by atomic mass is 9.78. The Morgan fingerprint density at radius 3 is 2.92 bits per heavy atom. The van der Waals surface area contributed by atoms with Crippen LogP contribution in [0.5, 0.6) is 0 Å². The molecule has 68 valence electrons. The van der Waals surface area contributed by atoms with Gasteiger partial charge in [-0.15, -0.1) is 0 Å². The van der Waals surface area contributed by atoms with E-state index >= 15 is 0 Å². The van der Waals surface area contributed by atoms with Gasteiger partial charge in [0.2, 0.25) is 0 Å². The van der Waals surface area contributed by atoms with E-state index in [2.05, 4.69) is 6.58 Å². The molecule has 1 saturated carbocycles. The second-order valence-electron chi connectivity index (χ2n) is 4.14. The van der Waals surface area contributed by atoms with Gasteiger partial charge in [-0.1, -0.05) is 12.2 Å². The minimum Gasteiger partial charge on any atom is -0.390 e. The second-order valence-corrected chi connectivity index (χ2v) is 4.14. The van der Waals surface area contributed by atoms with Gasteiger partial charge in [-0.25, -0.2) is 0 Å². The molecule has 2 fully saturated rings. The van der Waals surface area contributed by atoms with Crippen molar-refractivity contribution in [1.29, 1.82) is 0 Å². The summed E-state index contributed by atoms with van der Waals surface area (Å²) < 4.78 is 13.2. The van der Waals surface area contributed by atoms with E-state index < -0.39 is 11.7 Å². The summed E-state index contributed by atoms with van der Waals surface area (Å²) in [5, 5.41) is 9.86. The fraction of sp³-hybridized carbons (Fsp3) is 0.800. The Hall–Kier alpha value is -0.340. The highest BCUT2D eigenvalue weighted by molar-refractivity contribution is 5.14. The summed E-state index contributed by atoms with van der Waals surface area (Å²) in [4.78, 5) is 0. The molecular formula is C10H16O2. The van der Waals surface area contributed by atoms with Crippen LogP contribution in [0.1, 0.15) is 28.1 Å². The zero-order valence-corrected chi connectivity index (χ0v) is 7.63. The average molecular weight is 169 g/mol. The number of ether oxygens (including phenoxy) is 1. The van der Waals surface area contributed by atoms with E-state index in [0.717, 1.165) is 12.0 Å². The maximum absolute atomic E-state index is 9.86. The number of epoxide rings is 1. The number of fused-ring (bicyclic) bond motifs is 1. The highest BCUT2D eigenvalue weighted by Gasteiger charge is 2.60. The summed E-state index contributed by atoms with van der Waals surface area (Å²) in [6, 6.07) is 0. The van der Waals surface area contributed by atoms with Crippen molar-refractivity contribution < 1.29 is 11.2 Å². The first-order chi connectivity index (χ1) is 5.87. The topological polar surface area (TPSA) is 32.8 Å². The van der Waals surface area contributed by atoms with Crippen LogP contribution in [0.25, 0.3) is 0 Å². The maximum Gasteiger partial charge on any atom is 0.118 e. The monoisotopic (exact) mass is 169 g/mol. The van der Waals surface area contributed by atoms with E-state index in [4.69, 9.17) is 6.11 Å². The minimum absolute atomic E-state index is 0.0606. The van der Waals surface area contributed by atoms with Gasteiger partial charge < -0.3 is 9.84 Å². The highest BCUT2D eigenvalue weighted by Crippen LogP contribution is 2.50. The van der Waals surface area contributed by atoms with Crippen molar-refractivity contribution in [3.8, 4) is 0 Å². The van der Waals surface area contributed by atoms with Crippen LogP contribution in [0.3, 0.4) is 0 Å². The van der Waals surface area contributed by atoms with Gasteiger partial charge in [0.15, 0.2) is 0 Å². The molecule has 0 aromatic heterocycles. The largest absolute Gasteiger partial charge is 0.390 e. The summed E-state index contributed by atoms with van der Waals surface area (Å²) in [7, 11) is 0. The third-order valence-corrected chi connectivity index (χ3v) is 3.15.